The molecule has 2 nitrogen and oxygen atoms in total. The number of halogens is 1. The average molecular weight is 226 g/mol. The molecular formula is C12H16ClNO. The van der Waals surface area contributed by atoms with Gasteiger partial charge in [0.25, 0.3) is 0 Å². The van der Waals surface area contributed by atoms with Crippen LogP contribution in [0.25, 0.3) is 0 Å². The third kappa shape index (κ3) is 2.27. The summed E-state index contributed by atoms with van der Waals surface area (Å²) in [5.41, 5.74) is 6.96. The summed E-state index contributed by atoms with van der Waals surface area (Å²) in [6, 6.07) is 5.85. The second kappa shape index (κ2) is 4.42. The van der Waals surface area contributed by atoms with Crippen molar-refractivity contribution in [3.05, 3.63) is 28.8 Å². The van der Waals surface area contributed by atoms with E-state index in [2.05, 4.69) is 0 Å². The Hall–Kier alpha value is -0.730. The lowest BCUT2D eigenvalue weighted by atomic mass is 9.94. The minimum Gasteiger partial charge on any atom is -0.497 e. The van der Waals surface area contributed by atoms with Crippen LogP contribution in [-0.4, -0.2) is 13.7 Å². The summed E-state index contributed by atoms with van der Waals surface area (Å²) in [7, 11) is 1.65. The highest BCUT2D eigenvalue weighted by molar-refractivity contribution is 6.31. The largest absolute Gasteiger partial charge is 0.497 e. The van der Waals surface area contributed by atoms with Gasteiger partial charge in [0, 0.05) is 10.9 Å². The van der Waals surface area contributed by atoms with E-state index >= 15 is 0 Å². The van der Waals surface area contributed by atoms with Gasteiger partial charge >= 0.3 is 0 Å². The van der Waals surface area contributed by atoms with Crippen LogP contribution >= 0.6 is 11.6 Å². The average Bonchev–Trinajstić information content (AvgIpc) is 3.05. The summed E-state index contributed by atoms with van der Waals surface area (Å²) in [4.78, 5) is 0. The highest BCUT2D eigenvalue weighted by Gasteiger charge is 2.32. The van der Waals surface area contributed by atoms with Crippen LogP contribution in [0.1, 0.15) is 24.3 Å². The maximum atomic E-state index is 6.22. The maximum absolute atomic E-state index is 6.22. The molecule has 1 aromatic carbocycles. The molecule has 1 unspecified atom stereocenters. The monoisotopic (exact) mass is 225 g/mol. The Morgan fingerprint density at radius 1 is 1.53 bits per heavy atom. The zero-order chi connectivity index (χ0) is 10.8. The van der Waals surface area contributed by atoms with Crippen LogP contribution in [0, 0.1) is 5.92 Å². The van der Waals surface area contributed by atoms with Gasteiger partial charge in [-0.05, 0) is 43.0 Å². The predicted molar refractivity (Wildman–Crippen MR) is 62.5 cm³/mol. The lowest BCUT2D eigenvalue weighted by Crippen LogP contribution is -2.14. The number of rotatable bonds is 4. The highest BCUT2D eigenvalue weighted by Crippen LogP contribution is 2.44. The van der Waals surface area contributed by atoms with E-state index in [9.17, 15) is 0 Å². The van der Waals surface area contributed by atoms with E-state index < -0.39 is 0 Å². The summed E-state index contributed by atoms with van der Waals surface area (Å²) in [5.74, 6) is 1.96. The second-order valence-corrected chi connectivity index (χ2v) is 4.47. The molecule has 1 saturated carbocycles. The van der Waals surface area contributed by atoms with Crippen LogP contribution in [-0.2, 0) is 0 Å². The fourth-order valence-electron chi connectivity index (χ4n) is 2.01. The van der Waals surface area contributed by atoms with E-state index in [1.54, 1.807) is 7.11 Å². The third-order valence-electron chi connectivity index (χ3n) is 3.05. The molecule has 0 saturated heterocycles. The van der Waals surface area contributed by atoms with Gasteiger partial charge in [-0.25, -0.2) is 0 Å². The smallest absolute Gasteiger partial charge is 0.120 e. The first-order valence-electron chi connectivity index (χ1n) is 5.29. The Balaban J connectivity index is 2.26. The fraction of sp³-hybridized carbons (Fsp3) is 0.500. The molecule has 0 aliphatic heterocycles. The number of nitrogens with two attached hydrogens (primary N) is 1. The zero-order valence-corrected chi connectivity index (χ0v) is 9.63. The molecule has 0 radical (unpaired) electrons. The van der Waals surface area contributed by atoms with E-state index in [1.807, 2.05) is 18.2 Å². The molecule has 2 N–H and O–H groups in total. The van der Waals surface area contributed by atoms with Crippen molar-refractivity contribution in [1.82, 2.24) is 0 Å². The first kappa shape index (κ1) is 10.8. The van der Waals surface area contributed by atoms with Crippen LogP contribution < -0.4 is 10.5 Å². The molecule has 82 valence electrons. The van der Waals surface area contributed by atoms with Gasteiger partial charge in [0.15, 0.2) is 0 Å². The standard InChI is InChI=1S/C12H16ClNO/c1-15-9-4-5-10(12(13)6-9)11(7-14)8-2-3-8/h4-6,8,11H,2-3,7,14H2,1H3. The quantitative estimate of drug-likeness (QED) is 0.855. The van der Waals surface area contributed by atoms with Gasteiger partial charge in [-0.2, -0.15) is 0 Å². The Morgan fingerprint density at radius 2 is 2.27 bits per heavy atom. The minimum atomic E-state index is 0.420. The highest BCUT2D eigenvalue weighted by atomic mass is 35.5. The van der Waals surface area contributed by atoms with Crippen LogP contribution in [0.15, 0.2) is 18.2 Å². The van der Waals surface area contributed by atoms with Gasteiger partial charge in [-0.3, -0.25) is 0 Å². The van der Waals surface area contributed by atoms with E-state index in [0.717, 1.165) is 16.7 Å². The molecule has 1 aliphatic carbocycles. The first-order chi connectivity index (χ1) is 7.26. The number of hydrogen-bond acceptors (Lipinski definition) is 2. The summed E-state index contributed by atoms with van der Waals surface area (Å²) in [5, 5.41) is 0.775. The number of ether oxygens (including phenoxy) is 1. The molecular weight excluding hydrogens is 210 g/mol. The summed E-state index contributed by atoms with van der Waals surface area (Å²) < 4.78 is 5.12. The Kier molecular flexibility index (Phi) is 3.17. The van der Waals surface area contributed by atoms with Crippen molar-refractivity contribution in [2.24, 2.45) is 11.7 Å². The van der Waals surface area contributed by atoms with Gasteiger partial charge in [-0.1, -0.05) is 17.7 Å². The Labute approximate surface area is 95.4 Å². The van der Waals surface area contributed by atoms with Crippen molar-refractivity contribution < 1.29 is 4.74 Å². The maximum Gasteiger partial charge on any atom is 0.120 e. The molecule has 0 heterocycles. The molecule has 3 heteroatoms. The zero-order valence-electron chi connectivity index (χ0n) is 8.87. The molecule has 0 amide bonds. The van der Waals surface area contributed by atoms with Gasteiger partial charge in [-0.15, -0.1) is 0 Å². The van der Waals surface area contributed by atoms with E-state index in [-0.39, 0.29) is 0 Å². The Bertz CT molecular complexity index is 349. The van der Waals surface area contributed by atoms with Crippen molar-refractivity contribution in [3.63, 3.8) is 0 Å². The molecule has 15 heavy (non-hydrogen) atoms. The summed E-state index contributed by atoms with van der Waals surface area (Å²) in [6.45, 7) is 0.677. The van der Waals surface area contributed by atoms with Crippen molar-refractivity contribution in [2.75, 3.05) is 13.7 Å². The third-order valence-corrected chi connectivity index (χ3v) is 3.38. The topological polar surface area (TPSA) is 35.2 Å². The van der Waals surface area contributed by atoms with Crippen LogP contribution in [0.3, 0.4) is 0 Å². The summed E-state index contributed by atoms with van der Waals surface area (Å²) in [6.07, 6.45) is 2.56. The van der Waals surface area contributed by atoms with E-state index in [0.29, 0.717) is 12.5 Å². The van der Waals surface area contributed by atoms with Gasteiger partial charge in [0.05, 0.1) is 7.11 Å². The van der Waals surface area contributed by atoms with Crippen LogP contribution in [0.2, 0.25) is 5.02 Å². The molecule has 1 atom stereocenters. The number of methoxy groups -OCH3 is 1. The minimum absolute atomic E-state index is 0.420. The summed E-state index contributed by atoms with van der Waals surface area (Å²) >= 11 is 6.22. The fourth-order valence-corrected chi connectivity index (χ4v) is 2.32. The van der Waals surface area contributed by atoms with Crippen molar-refractivity contribution in [1.29, 1.82) is 0 Å². The lowest BCUT2D eigenvalue weighted by Gasteiger charge is -2.16. The Morgan fingerprint density at radius 3 is 2.73 bits per heavy atom. The normalized spacial score (nSPS) is 17.5. The molecule has 2 rings (SSSR count). The number of benzene rings is 1. The first-order valence-corrected chi connectivity index (χ1v) is 5.67. The van der Waals surface area contributed by atoms with Gasteiger partial charge < -0.3 is 10.5 Å². The number of hydrogen-bond donors (Lipinski definition) is 1. The second-order valence-electron chi connectivity index (χ2n) is 4.07. The van der Waals surface area contributed by atoms with Crippen molar-refractivity contribution >= 4 is 11.6 Å². The molecule has 1 aromatic rings. The lowest BCUT2D eigenvalue weighted by molar-refractivity contribution is 0.414. The van der Waals surface area contributed by atoms with E-state index in [1.165, 1.54) is 18.4 Å². The van der Waals surface area contributed by atoms with Crippen LogP contribution in [0.4, 0.5) is 0 Å². The van der Waals surface area contributed by atoms with E-state index in [4.69, 9.17) is 22.1 Å². The molecule has 1 aliphatic rings. The molecule has 0 aromatic heterocycles. The predicted octanol–water partition coefficient (Wildman–Crippen LogP) is 2.80. The van der Waals surface area contributed by atoms with Gasteiger partial charge in [0.2, 0.25) is 0 Å². The van der Waals surface area contributed by atoms with Gasteiger partial charge in [0.1, 0.15) is 5.75 Å². The molecule has 0 spiro atoms. The van der Waals surface area contributed by atoms with Crippen molar-refractivity contribution in [3.8, 4) is 5.75 Å². The molecule has 1 fully saturated rings. The SMILES string of the molecule is COc1ccc(C(CN)C2CC2)c(Cl)c1. The van der Waals surface area contributed by atoms with Crippen LogP contribution in [0.5, 0.6) is 5.75 Å². The molecule has 0 bridgehead atoms. The van der Waals surface area contributed by atoms with Crippen molar-refractivity contribution in [2.45, 2.75) is 18.8 Å².